The largest absolute Gasteiger partial charge is 0.309 e. The molecular weight excluding hydrogens is 705 g/mol. The Hall–Kier alpha value is -7.56. The molecule has 0 N–H and O–H groups in total. The van der Waals surface area contributed by atoms with Crippen LogP contribution in [0, 0.1) is 0 Å². The number of para-hydroxylation sites is 3. The highest BCUT2D eigenvalue weighted by Gasteiger charge is 2.23. The number of rotatable bonds is 5. The van der Waals surface area contributed by atoms with E-state index in [2.05, 4.69) is 203 Å². The van der Waals surface area contributed by atoms with Gasteiger partial charge in [0, 0.05) is 38.4 Å². The van der Waals surface area contributed by atoms with E-state index in [1.165, 1.54) is 65.6 Å². The van der Waals surface area contributed by atoms with E-state index in [9.17, 15) is 0 Å². The smallest absolute Gasteiger partial charge is 0.235 e. The molecule has 11 aromatic rings. The molecule has 0 atom stereocenters. The van der Waals surface area contributed by atoms with Gasteiger partial charge >= 0.3 is 0 Å². The topological polar surface area (TPSA) is 35.6 Å². The van der Waals surface area contributed by atoms with E-state index < -0.39 is 0 Å². The Morgan fingerprint density at radius 2 is 1.07 bits per heavy atom. The second-order valence-corrected chi connectivity index (χ2v) is 15.3. The van der Waals surface area contributed by atoms with Crippen molar-refractivity contribution >= 4 is 60.5 Å². The Labute approximate surface area is 335 Å². The zero-order chi connectivity index (χ0) is 38.2. The molecule has 58 heavy (non-hydrogen) atoms. The first-order valence-corrected chi connectivity index (χ1v) is 20.1. The van der Waals surface area contributed by atoms with Crippen molar-refractivity contribution in [1.29, 1.82) is 0 Å². The van der Waals surface area contributed by atoms with Gasteiger partial charge in [-0.25, -0.2) is 9.97 Å². The predicted octanol–water partition coefficient (Wildman–Crippen LogP) is 13.8. The number of nitrogens with zero attached hydrogens (tertiary/aromatic N) is 4. The summed E-state index contributed by atoms with van der Waals surface area (Å²) in [7, 11) is 0. The second kappa shape index (κ2) is 13.0. The zero-order valence-corrected chi connectivity index (χ0v) is 31.7. The third-order valence-electron chi connectivity index (χ3n) is 12.0. The summed E-state index contributed by atoms with van der Waals surface area (Å²) in [6, 6.07) is 65.7. The van der Waals surface area contributed by atoms with Crippen LogP contribution in [0.5, 0.6) is 0 Å². The highest BCUT2D eigenvalue weighted by atomic mass is 15.2. The molecule has 1 aliphatic rings. The molecule has 3 aromatic heterocycles. The van der Waals surface area contributed by atoms with Crippen molar-refractivity contribution in [2.24, 2.45) is 0 Å². The highest BCUT2D eigenvalue weighted by molar-refractivity contribution is 6.24. The number of hydrogen-bond donors (Lipinski definition) is 0. The Kier molecular flexibility index (Phi) is 7.32. The van der Waals surface area contributed by atoms with Crippen molar-refractivity contribution in [2.45, 2.75) is 12.8 Å². The number of aromatic nitrogens is 4. The molecule has 4 nitrogen and oxygen atoms in total. The van der Waals surface area contributed by atoms with Gasteiger partial charge in [0.05, 0.1) is 33.5 Å². The van der Waals surface area contributed by atoms with E-state index >= 15 is 0 Å². The summed E-state index contributed by atoms with van der Waals surface area (Å²) in [5.41, 5.74) is 14.7. The van der Waals surface area contributed by atoms with Crippen molar-refractivity contribution in [2.75, 3.05) is 0 Å². The monoisotopic (exact) mass is 740 g/mol. The molecule has 4 heteroatoms. The van der Waals surface area contributed by atoms with E-state index in [0.717, 1.165) is 52.1 Å². The fraction of sp³-hybridized carbons (Fsp3) is 0.0370. The van der Waals surface area contributed by atoms with Gasteiger partial charge < -0.3 is 4.57 Å². The van der Waals surface area contributed by atoms with Gasteiger partial charge in [-0.2, -0.15) is 0 Å². The van der Waals surface area contributed by atoms with Gasteiger partial charge in [0.15, 0.2) is 0 Å². The summed E-state index contributed by atoms with van der Waals surface area (Å²) in [5.74, 6) is 0.697. The second-order valence-electron chi connectivity index (χ2n) is 15.3. The lowest BCUT2D eigenvalue weighted by Gasteiger charge is -2.18. The van der Waals surface area contributed by atoms with E-state index in [0.29, 0.717) is 5.95 Å². The van der Waals surface area contributed by atoms with E-state index in [4.69, 9.17) is 9.97 Å². The molecule has 0 bridgehead atoms. The summed E-state index contributed by atoms with van der Waals surface area (Å²) in [4.78, 5) is 10.9. The molecule has 1 aliphatic carbocycles. The summed E-state index contributed by atoms with van der Waals surface area (Å²) in [6.07, 6.45) is 6.30. The first-order chi connectivity index (χ1) is 28.8. The van der Waals surface area contributed by atoms with Crippen LogP contribution in [0.1, 0.15) is 17.7 Å². The summed E-state index contributed by atoms with van der Waals surface area (Å²) in [5, 5.41) is 7.31. The Morgan fingerprint density at radius 3 is 1.90 bits per heavy atom. The molecule has 0 spiro atoms. The summed E-state index contributed by atoms with van der Waals surface area (Å²) in [6.45, 7) is 0. The maximum atomic E-state index is 5.52. The number of aryl methyl sites for hydroxylation is 1. The minimum Gasteiger partial charge on any atom is -0.309 e. The highest BCUT2D eigenvalue weighted by Crippen LogP contribution is 2.43. The Morgan fingerprint density at radius 1 is 0.414 bits per heavy atom. The van der Waals surface area contributed by atoms with Crippen LogP contribution in [0.3, 0.4) is 0 Å². The van der Waals surface area contributed by atoms with E-state index in [1.807, 2.05) is 0 Å². The number of allylic oxidation sites excluding steroid dienone is 1. The fourth-order valence-electron chi connectivity index (χ4n) is 9.37. The van der Waals surface area contributed by atoms with Gasteiger partial charge in [-0.3, -0.25) is 4.57 Å². The lowest BCUT2D eigenvalue weighted by atomic mass is 9.94. The first-order valence-electron chi connectivity index (χ1n) is 20.1. The average molecular weight is 741 g/mol. The maximum Gasteiger partial charge on any atom is 0.235 e. The van der Waals surface area contributed by atoms with E-state index in [-0.39, 0.29) is 0 Å². The minimum atomic E-state index is 0.697. The standard InChI is InChI=1S/C54H36N4/c1-3-16-35(17-4-1)36-18-15-19-38(32-36)53-43-25-9-12-27-47(43)55-54(56-53)58-49-29-14-11-26-44(49)52-42-24-8-7-22-40(42)45(34-51(52)58)37-30-31-50-46(33-37)41-23-10-13-28-48(41)57(50)39-20-5-2-6-21-39/h1-11,13-26,28-34H,12,27H2. The van der Waals surface area contributed by atoms with Crippen molar-refractivity contribution in [3.05, 3.63) is 199 Å². The summed E-state index contributed by atoms with van der Waals surface area (Å²) < 4.78 is 4.69. The van der Waals surface area contributed by atoms with Gasteiger partial charge in [-0.15, -0.1) is 0 Å². The SMILES string of the molecule is C1=Cc2c(nc(-n3c4ccccc4c4c5ccccc5c(-c5ccc6c(c5)c5ccccc5n6-c5ccccc5)cc43)nc2-c2cccc(-c3ccccc3)c2)CC1. The van der Waals surface area contributed by atoms with Crippen LogP contribution in [-0.4, -0.2) is 19.1 Å². The predicted molar refractivity (Wildman–Crippen MR) is 242 cm³/mol. The Balaban J connectivity index is 1.12. The van der Waals surface area contributed by atoms with Crippen LogP contribution in [0.4, 0.5) is 0 Å². The molecule has 0 saturated heterocycles. The molecule has 0 saturated carbocycles. The molecular formula is C54H36N4. The summed E-state index contributed by atoms with van der Waals surface area (Å²) >= 11 is 0. The van der Waals surface area contributed by atoms with Gasteiger partial charge in [-0.1, -0.05) is 146 Å². The molecule has 0 fully saturated rings. The number of fused-ring (bicyclic) bond motifs is 9. The third kappa shape index (κ3) is 5.01. The van der Waals surface area contributed by atoms with Crippen molar-refractivity contribution < 1.29 is 0 Å². The normalized spacial score (nSPS) is 12.6. The quantitative estimate of drug-likeness (QED) is 0.176. The molecule has 3 heterocycles. The lowest BCUT2D eigenvalue weighted by Crippen LogP contribution is -2.09. The first kappa shape index (κ1) is 32.7. The molecule has 0 aliphatic heterocycles. The minimum absolute atomic E-state index is 0.697. The zero-order valence-electron chi connectivity index (χ0n) is 31.7. The molecule has 8 aromatic carbocycles. The molecule has 0 radical (unpaired) electrons. The lowest BCUT2D eigenvalue weighted by molar-refractivity contribution is 0.877. The van der Waals surface area contributed by atoms with Crippen LogP contribution in [0.2, 0.25) is 0 Å². The van der Waals surface area contributed by atoms with Crippen LogP contribution < -0.4 is 0 Å². The van der Waals surface area contributed by atoms with Crippen LogP contribution in [-0.2, 0) is 6.42 Å². The van der Waals surface area contributed by atoms with Gasteiger partial charge in [0.2, 0.25) is 5.95 Å². The van der Waals surface area contributed by atoms with Crippen LogP contribution in [0.25, 0.3) is 106 Å². The van der Waals surface area contributed by atoms with Crippen LogP contribution >= 0.6 is 0 Å². The van der Waals surface area contributed by atoms with Gasteiger partial charge in [-0.05, 0) is 94.4 Å². The van der Waals surface area contributed by atoms with Crippen molar-refractivity contribution in [1.82, 2.24) is 19.1 Å². The molecule has 12 rings (SSSR count). The maximum absolute atomic E-state index is 5.52. The number of hydrogen-bond acceptors (Lipinski definition) is 2. The Bertz CT molecular complexity index is 3440. The molecule has 0 unspecified atom stereocenters. The van der Waals surface area contributed by atoms with Gasteiger partial charge in [0.25, 0.3) is 0 Å². The average Bonchev–Trinajstić information content (AvgIpc) is 3.82. The molecule has 0 amide bonds. The van der Waals surface area contributed by atoms with Gasteiger partial charge in [0.1, 0.15) is 0 Å². The van der Waals surface area contributed by atoms with Crippen molar-refractivity contribution in [3.8, 4) is 45.1 Å². The fourth-order valence-corrected chi connectivity index (χ4v) is 9.37. The van der Waals surface area contributed by atoms with E-state index in [1.54, 1.807) is 0 Å². The molecule has 272 valence electrons. The number of benzene rings is 8. The third-order valence-corrected chi connectivity index (χ3v) is 12.0. The van der Waals surface area contributed by atoms with Crippen LogP contribution in [0.15, 0.2) is 188 Å². The van der Waals surface area contributed by atoms with Crippen molar-refractivity contribution in [3.63, 3.8) is 0 Å².